The topological polar surface area (TPSA) is 49.8 Å². The summed E-state index contributed by atoms with van der Waals surface area (Å²) in [5.74, 6) is 2.62. The Morgan fingerprint density at radius 3 is 3.06 bits per heavy atom. The molecule has 0 aromatic carbocycles. The largest absolute Gasteiger partial charge is 0.370 e. The van der Waals surface area contributed by atoms with Crippen LogP contribution in [0.15, 0.2) is 6.07 Å². The Bertz CT molecular complexity index is 358. The first-order chi connectivity index (χ1) is 8.28. The number of piperidine rings is 1. The maximum Gasteiger partial charge on any atom is 0.130 e. The third kappa shape index (κ3) is 3.66. The predicted octanol–water partition coefficient (Wildman–Crippen LogP) is 1.76. The third-order valence-electron chi connectivity index (χ3n) is 3.19. The summed E-state index contributed by atoms with van der Waals surface area (Å²) in [6, 6.07) is 2.02. The Kier molecular flexibility index (Phi) is 4.31. The molecule has 1 aromatic heterocycles. The van der Waals surface area contributed by atoms with Gasteiger partial charge in [-0.3, -0.25) is 0 Å². The summed E-state index contributed by atoms with van der Waals surface area (Å²) in [6.45, 7) is 7.41. The molecule has 0 amide bonds. The minimum atomic E-state index is 0.726. The molecule has 0 aliphatic carbocycles. The summed E-state index contributed by atoms with van der Waals surface area (Å²) in [5, 5.41) is 6.87. The van der Waals surface area contributed by atoms with Crippen molar-refractivity contribution in [1.29, 1.82) is 0 Å². The van der Waals surface area contributed by atoms with Crippen LogP contribution >= 0.6 is 0 Å². The van der Waals surface area contributed by atoms with E-state index in [0.717, 1.165) is 42.8 Å². The molecule has 2 rings (SSSR count). The van der Waals surface area contributed by atoms with Crippen LogP contribution in [0.25, 0.3) is 0 Å². The lowest BCUT2D eigenvalue weighted by atomic mass is 10.00. The molecule has 1 atom stereocenters. The number of anilines is 1. The molecule has 1 aliphatic rings. The molecule has 2 heterocycles. The number of hydrogen-bond acceptors (Lipinski definition) is 4. The monoisotopic (exact) mass is 234 g/mol. The fraction of sp³-hybridized carbons (Fsp3) is 0.692. The van der Waals surface area contributed by atoms with E-state index in [1.54, 1.807) is 0 Å². The molecule has 94 valence electrons. The quantitative estimate of drug-likeness (QED) is 0.833. The summed E-state index contributed by atoms with van der Waals surface area (Å²) in [4.78, 5) is 8.88. The second kappa shape index (κ2) is 5.96. The van der Waals surface area contributed by atoms with Crippen molar-refractivity contribution in [1.82, 2.24) is 15.3 Å². The molecule has 17 heavy (non-hydrogen) atoms. The lowest BCUT2D eigenvalue weighted by Gasteiger charge is -2.23. The van der Waals surface area contributed by atoms with Crippen molar-refractivity contribution in [2.45, 2.75) is 33.1 Å². The van der Waals surface area contributed by atoms with E-state index in [-0.39, 0.29) is 0 Å². The lowest BCUT2D eigenvalue weighted by molar-refractivity contribution is 0.392. The fourth-order valence-corrected chi connectivity index (χ4v) is 2.23. The van der Waals surface area contributed by atoms with Crippen LogP contribution in [0.4, 0.5) is 5.82 Å². The summed E-state index contributed by atoms with van der Waals surface area (Å²) in [5.41, 5.74) is 1.04. The summed E-state index contributed by atoms with van der Waals surface area (Å²) in [7, 11) is 0. The van der Waals surface area contributed by atoms with E-state index in [1.807, 2.05) is 13.0 Å². The van der Waals surface area contributed by atoms with Gasteiger partial charge in [-0.15, -0.1) is 0 Å². The maximum atomic E-state index is 4.49. The van der Waals surface area contributed by atoms with Gasteiger partial charge in [-0.05, 0) is 38.8 Å². The highest BCUT2D eigenvalue weighted by Gasteiger charge is 2.12. The molecule has 1 fully saturated rings. The zero-order valence-corrected chi connectivity index (χ0v) is 10.8. The number of hydrogen-bond donors (Lipinski definition) is 2. The van der Waals surface area contributed by atoms with Gasteiger partial charge in [-0.1, -0.05) is 6.92 Å². The van der Waals surface area contributed by atoms with Gasteiger partial charge in [-0.2, -0.15) is 0 Å². The van der Waals surface area contributed by atoms with E-state index in [2.05, 4.69) is 27.5 Å². The van der Waals surface area contributed by atoms with Gasteiger partial charge in [0.05, 0.1) is 0 Å². The molecule has 1 unspecified atom stereocenters. The Labute approximate surface area is 103 Å². The highest BCUT2D eigenvalue weighted by atomic mass is 15.0. The van der Waals surface area contributed by atoms with E-state index < -0.39 is 0 Å². The molecule has 2 N–H and O–H groups in total. The molecule has 4 heteroatoms. The van der Waals surface area contributed by atoms with Crippen molar-refractivity contribution in [3.05, 3.63) is 17.6 Å². The Morgan fingerprint density at radius 1 is 1.47 bits per heavy atom. The third-order valence-corrected chi connectivity index (χ3v) is 3.19. The van der Waals surface area contributed by atoms with Crippen molar-refractivity contribution in [3.8, 4) is 0 Å². The standard InChI is InChI=1S/C13H22N4/c1-3-12-16-10(2)7-13(17-12)15-9-11-5-4-6-14-8-11/h7,11,14H,3-6,8-9H2,1-2H3,(H,15,16,17). The van der Waals surface area contributed by atoms with Crippen molar-refractivity contribution < 1.29 is 0 Å². The molecule has 0 saturated carbocycles. The Balaban J connectivity index is 1.91. The first-order valence-electron chi connectivity index (χ1n) is 6.57. The molecule has 1 aromatic rings. The van der Waals surface area contributed by atoms with Crippen molar-refractivity contribution in [2.75, 3.05) is 25.0 Å². The smallest absolute Gasteiger partial charge is 0.130 e. The van der Waals surface area contributed by atoms with Gasteiger partial charge in [0, 0.05) is 24.7 Å². The zero-order valence-electron chi connectivity index (χ0n) is 10.8. The molecule has 0 radical (unpaired) electrons. The van der Waals surface area contributed by atoms with E-state index >= 15 is 0 Å². The number of aryl methyl sites for hydroxylation is 2. The molecule has 4 nitrogen and oxygen atoms in total. The average Bonchev–Trinajstić information content (AvgIpc) is 2.37. The van der Waals surface area contributed by atoms with Crippen LogP contribution in [0.5, 0.6) is 0 Å². The number of nitrogens with one attached hydrogen (secondary N) is 2. The minimum Gasteiger partial charge on any atom is -0.370 e. The molecular formula is C13H22N4. The number of nitrogens with zero attached hydrogens (tertiary/aromatic N) is 2. The van der Waals surface area contributed by atoms with Gasteiger partial charge < -0.3 is 10.6 Å². The zero-order chi connectivity index (χ0) is 12.1. The fourth-order valence-electron chi connectivity index (χ4n) is 2.23. The van der Waals surface area contributed by atoms with E-state index in [9.17, 15) is 0 Å². The highest BCUT2D eigenvalue weighted by Crippen LogP contribution is 2.12. The van der Waals surface area contributed by atoms with Gasteiger partial charge in [-0.25, -0.2) is 9.97 Å². The van der Waals surface area contributed by atoms with Crippen LogP contribution < -0.4 is 10.6 Å². The van der Waals surface area contributed by atoms with Crippen LogP contribution in [0.3, 0.4) is 0 Å². The molecule has 0 bridgehead atoms. The summed E-state index contributed by atoms with van der Waals surface area (Å²) < 4.78 is 0. The van der Waals surface area contributed by atoms with Gasteiger partial charge in [0.15, 0.2) is 0 Å². The minimum absolute atomic E-state index is 0.726. The van der Waals surface area contributed by atoms with Gasteiger partial charge in [0.1, 0.15) is 11.6 Å². The SMILES string of the molecule is CCc1nc(C)cc(NCC2CCCNC2)n1. The van der Waals surface area contributed by atoms with Crippen molar-refractivity contribution >= 4 is 5.82 Å². The Hall–Kier alpha value is -1.16. The van der Waals surface area contributed by atoms with Crippen LogP contribution in [-0.4, -0.2) is 29.6 Å². The molecular weight excluding hydrogens is 212 g/mol. The molecule has 0 spiro atoms. The summed E-state index contributed by atoms with van der Waals surface area (Å²) in [6.07, 6.45) is 3.49. The average molecular weight is 234 g/mol. The number of aromatic nitrogens is 2. The Morgan fingerprint density at radius 2 is 2.35 bits per heavy atom. The van der Waals surface area contributed by atoms with Gasteiger partial charge >= 0.3 is 0 Å². The van der Waals surface area contributed by atoms with Crippen LogP contribution in [0, 0.1) is 12.8 Å². The maximum absolute atomic E-state index is 4.49. The van der Waals surface area contributed by atoms with Crippen LogP contribution in [0.2, 0.25) is 0 Å². The van der Waals surface area contributed by atoms with E-state index in [1.165, 1.54) is 19.4 Å². The van der Waals surface area contributed by atoms with Gasteiger partial charge in [0.2, 0.25) is 0 Å². The van der Waals surface area contributed by atoms with Gasteiger partial charge in [0.25, 0.3) is 0 Å². The first kappa shape index (κ1) is 12.3. The second-order valence-corrected chi connectivity index (χ2v) is 4.76. The van der Waals surface area contributed by atoms with Crippen molar-refractivity contribution in [2.24, 2.45) is 5.92 Å². The lowest BCUT2D eigenvalue weighted by Crippen LogP contribution is -2.33. The highest BCUT2D eigenvalue weighted by molar-refractivity contribution is 5.35. The van der Waals surface area contributed by atoms with Crippen LogP contribution in [-0.2, 0) is 6.42 Å². The van der Waals surface area contributed by atoms with E-state index in [4.69, 9.17) is 0 Å². The second-order valence-electron chi connectivity index (χ2n) is 4.76. The molecule has 1 aliphatic heterocycles. The van der Waals surface area contributed by atoms with E-state index in [0.29, 0.717) is 0 Å². The first-order valence-corrected chi connectivity index (χ1v) is 6.57. The normalized spacial score (nSPS) is 20.2. The van der Waals surface area contributed by atoms with Crippen molar-refractivity contribution in [3.63, 3.8) is 0 Å². The summed E-state index contributed by atoms with van der Waals surface area (Å²) >= 11 is 0. The predicted molar refractivity (Wildman–Crippen MR) is 70.2 cm³/mol. The van der Waals surface area contributed by atoms with Crippen LogP contribution in [0.1, 0.15) is 31.3 Å². The number of rotatable bonds is 4. The molecule has 1 saturated heterocycles.